The average Bonchev–Trinajstić information content (AvgIpc) is 3.26. The maximum atomic E-state index is 13.3. The van der Waals surface area contributed by atoms with Crippen LogP contribution in [0.5, 0.6) is 0 Å². The molecule has 1 aliphatic heterocycles. The van der Waals surface area contributed by atoms with Crippen molar-refractivity contribution in [3.8, 4) is 11.5 Å². The minimum absolute atomic E-state index is 0.0621. The molecule has 7 nitrogen and oxygen atoms in total. The normalized spacial score (nSPS) is 14.6. The van der Waals surface area contributed by atoms with Gasteiger partial charge in [0.05, 0.1) is 18.8 Å². The van der Waals surface area contributed by atoms with Gasteiger partial charge in [0.1, 0.15) is 5.82 Å². The van der Waals surface area contributed by atoms with Crippen molar-refractivity contribution >= 4 is 0 Å². The first-order valence-electron chi connectivity index (χ1n) is 8.67. The van der Waals surface area contributed by atoms with Crippen LogP contribution in [0.25, 0.3) is 11.5 Å². The lowest BCUT2D eigenvalue weighted by Gasteiger charge is -2.26. The number of aromatic nitrogens is 4. The molecule has 2 aromatic heterocycles. The molecule has 0 bridgehead atoms. The van der Waals surface area contributed by atoms with Gasteiger partial charge in [0.2, 0.25) is 11.8 Å². The Morgan fingerprint density at radius 3 is 2.96 bits per heavy atom. The van der Waals surface area contributed by atoms with Crippen molar-refractivity contribution in [3.63, 3.8) is 0 Å². The minimum atomic E-state index is -0.338. The summed E-state index contributed by atoms with van der Waals surface area (Å²) < 4.78 is 21.0. The molecule has 0 spiro atoms. The van der Waals surface area contributed by atoms with E-state index in [1.54, 1.807) is 12.1 Å². The van der Waals surface area contributed by atoms with Crippen LogP contribution in [0.2, 0.25) is 0 Å². The van der Waals surface area contributed by atoms with E-state index < -0.39 is 0 Å². The smallest absolute Gasteiger partial charge is 0.247 e. The zero-order valence-electron chi connectivity index (χ0n) is 14.5. The van der Waals surface area contributed by atoms with Crippen molar-refractivity contribution in [1.82, 2.24) is 24.9 Å². The number of aryl methyl sites for hydroxylation is 1. The van der Waals surface area contributed by atoms with Gasteiger partial charge in [-0.05, 0) is 25.1 Å². The summed E-state index contributed by atoms with van der Waals surface area (Å²) in [5.74, 6) is 0.462. The van der Waals surface area contributed by atoms with Crippen LogP contribution < -0.4 is 0 Å². The molecule has 0 unspecified atom stereocenters. The van der Waals surface area contributed by atoms with Crippen molar-refractivity contribution in [1.29, 1.82) is 0 Å². The van der Waals surface area contributed by atoms with Gasteiger partial charge in [-0.2, -0.15) is 5.10 Å². The number of fused-ring (bicyclic) bond motifs is 1. The largest absolute Gasteiger partial charge is 0.419 e. The van der Waals surface area contributed by atoms with Gasteiger partial charge in [-0.3, -0.25) is 9.58 Å². The van der Waals surface area contributed by atoms with Crippen LogP contribution in [0.3, 0.4) is 0 Å². The SMILES string of the molecule is CCn1nc(CO)c2c1CCN(Cc1nnc(-c3cccc(F)c3)o1)C2. The van der Waals surface area contributed by atoms with Crippen LogP contribution in [0, 0.1) is 5.82 Å². The second-order valence-electron chi connectivity index (χ2n) is 6.32. The summed E-state index contributed by atoms with van der Waals surface area (Å²) >= 11 is 0. The fourth-order valence-corrected chi connectivity index (χ4v) is 3.39. The Morgan fingerprint density at radius 1 is 1.31 bits per heavy atom. The first-order chi connectivity index (χ1) is 12.7. The Hall–Kier alpha value is -2.58. The second kappa shape index (κ2) is 6.97. The van der Waals surface area contributed by atoms with E-state index >= 15 is 0 Å². The maximum absolute atomic E-state index is 13.3. The van der Waals surface area contributed by atoms with Crippen molar-refractivity contribution < 1.29 is 13.9 Å². The lowest BCUT2D eigenvalue weighted by molar-refractivity contribution is 0.216. The third kappa shape index (κ3) is 3.13. The van der Waals surface area contributed by atoms with Gasteiger partial charge in [0, 0.05) is 42.9 Å². The minimum Gasteiger partial charge on any atom is -0.419 e. The number of hydrogen-bond acceptors (Lipinski definition) is 6. The van der Waals surface area contributed by atoms with Gasteiger partial charge in [-0.25, -0.2) is 4.39 Å². The van der Waals surface area contributed by atoms with E-state index in [0.717, 1.165) is 30.8 Å². The first-order valence-corrected chi connectivity index (χ1v) is 8.67. The van der Waals surface area contributed by atoms with E-state index in [-0.39, 0.29) is 12.4 Å². The Labute approximate surface area is 150 Å². The molecule has 0 fully saturated rings. The number of halogens is 1. The van der Waals surface area contributed by atoms with E-state index in [2.05, 4.69) is 20.2 Å². The van der Waals surface area contributed by atoms with Crippen LogP contribution >= 0.6 is 0 Å². The summed E-state index contributed by atoms with van der Waals surface area (Å²) in [6, 6.07) is 6.10. The quantitative estimate of drug-likeness (QED) is 0.754. The summed E-state index contributed by atoms with van der Waals surface area (Å²) in [4.78, 5) is 2.19. The van der Waals surface area contributed by atoms with E-state index in [1.807, 2.05) is 11.6 Å². The first kappa shape index (κ1) is 16.9. The number of aliphatic hydroxyl groups is 1. The Morgan fingerprint density at radius 2 is 2.19 bits per heavy atom. The summed E-state index contributed by atoms with van der Waals surface area (Å²) in [5.41, 5.74) is 3.58. The zero-order valence-corrected chi connectivity index (χ0v) is 14.5. The van der Waals surface area contributed by atoms with E-state index in [4.69, 9.17) is 4.42 Å². The molecule has 1 N–H and O–H groups in total. The Balaban J connectivity index is 1.50. The molecule has 8 heteroatoms. The standard InChI is InChI=1S/C18H20FN5O2/c1-2-24-16-6-7-23(9-14(16)15(11-25)22-24)10-17-20-21-18(26-17)12-4-3-5-13(19)8-12/h3-5,8,25H,2,6-7,9-11H2,1H3. The van der Waals surface area contributed by atoms with Crippen molar-refractivity contribution in [2.75, 3.05) is 6.54 Å². The highest BCUT2D eigenvalue weighted by Crippen LogP contribution is 2.25. The molecule has 26 heavy (non-hydrogen) atoms. The summed E-state index contributed by atoms with van der Waals surface area (Å²) in [6.07, 6.45) is 0.862. The second-order valence-corrected chi connectivity index (χ2v) is 6.32. The highest BCUT2D eigenvalue weighted by molar-refractivity contribution is 5.52. The van der Waals surface area contributed by atoms with Crippen LogP contribution in [0.1, 0.15) is 29.8 Å². The van der Waals surface area contributed by atoms with Gasteiger partial charge in [-0.1, -0.05) is 6.07 Å². The molecule has 0 saturated carbocycles. The van der Waals surface area contributed by atoms with E-state index in [9.17, 15) is 9.50 Å². The van der Waals surface area contributed by atoms with Crippen molar-refractivity contribution in [2.45, 2.75) is 39.6 Å². The van der Waals surface area contributed by atoms with Crippen LogP contribution in [0.4, 0.5) is 4.39 Å². The molecule has 1 aliphatic rings. The average molecular weight is 357 g/mol. The lowest BCUT2D eigenvalue weighted by atomic mass is 10.1. The predicted molar refractivity (Wildman–Crippen MR) is 91.3 cm³/mol. The molecule has 136 valence electrons. The summed E-state index contributed by atoms with van der Waals surface area (Å²) in [6.45, 7) is 4.82. The van der Waals surface area contributed by atoms with Gasteiger partial charge < -0.3 is 9.52 Å². The summed E-state index contributed by atoms with van der Waals surface area (Å²) in [5, 5.41) is 22.1. The molecule has 0 amide bonds. The predicted octanol–water partition coefficient (Wildman–Crippen LogP) is 2.14. The number of aliphatic hydroxyl groups excluding tert-OH is 1. The Bertz CT molecular complexity index is 920. The zero-order chi connectivity index (χ0) is 18.1. The third-order valence-electron chi connectivity index (χ3n) is 4.64. The van der Waals surface area contributed by atoms with Crippen LogP contribution in [-0.2, 0) is 32.7 Å². The highest BCUT2D eigenvalue weighted by atomic mass is 19.1. The summed E-state index contributed by atoms with van der Waals surface area (Å²) in [7, 11) is 0. The number of benzene rings is 1. The molecule has 0 aliphatic carbocycles. The molecule has 4 rings (SSSR count). The Kier molecular flexibility index (Phi) is 4.52. The van der Waals surface area contributed by atoms with Crippen LogP contribution in [0.15, 0.2) is 28.7 Å². The molecule has 0 radical (unpaired) electrons. The fraction of sp³-hybridized carbons (Fsp3) is 0.389. The van der Waals surface area contributed by atoms with Crippen molar-refractivity contribution in [2.24, 2.45) is 0 Å². The number of hydrogen-bond donors (Lipinski definition) is 1. The highest BCUT2D eigenvalue weighted by Gasteiger charge is 2.25. The monoisotopic (exact) mass is 357 g/mol. The van der Waals surface area contributed by atoms with Gasteiger partial charge in [0.15, 0.2) is 0 Å². The molecule has 1 aromatic carbocycles. The number of nitrogens with zero attached hydrogens (tertiary/aromatic N) is 5. The number of rotatable bonds is 5. The van der Waals surface area contributed by atoms with Crippen LogP contribution in [-0.4, -0.2) is 36.5 Å². The molecule has 0 atom stereocenters. The topological polar surface area (TPSA) is 80.2 Å². The maximum Gasteiger partial charge on any atom is 0.247 e. The molecule has 0 saturated heterocycles. The van der Waals surface area contributed by atoms with E-state index in [1.165, 1.54) is 17.8 Å². The van der Waals surface area contributed by atoms with Gasteiger partial charge >= 0.3 is 0 Å². The molecule has 3 heterocycles. The third-order valence-corrected chi connectivity index (χ3v) is 4.64. The molecule has 3 aromatic rings. The van der Waals surface area contributed by atoms with Gasteiger partial charge in [-0.15, -0.1) is 10.2 Å². The fourth-order valence-electron chi connectivity index (χ4n) is 3.39. The van der Waals surface area contributed by atoms with E-state index in [0.29, 0.717) is 30.4 Å². The lowest BCUT2D eigenvalue weighted by Crippen LogP contribution is -2.31. The van der Waals surface area contributed by atoms with Crippen molar-refractivity contribution in [3.05, 3.63) is 52.9 Å². The van der Waals surface area contributed by atoms with Gasteiger partial charge in [0.25, 0.3) is 0 Å². The molecular formula is C18H20FN5O2. The molecular weight excluding hydrogens is 337 g/mol.